The van der Waals surface area contributed by atoms with Crippen molar-refractivity contribution in [1.82, 2.24) is 0 Å². The predicted molar refractivity (Wildman–Crippen MR) is 131 cm³/mol. The number of carbonyl (C=O) groups is 1. The molecule has 2 nitrogen and oxygen atoms in total. The molecule has 3 aromatic carbocycles. The van der Waals surface area contributed by atoms with Crippen molar-refractivity contribution in [3.8, 4) is 0 Å². The molecule has 0 unspecified atom stereocenters. The number of nitrogens with one attached hydrogen (secondary N) is 1. The minimum Gasteiger partial charge on any atom is -0.325 e. The molecule has 2 aliphatic rings. The van der Waals surface area contributed by atoms with Crippen LogP contribution >= 0.6 is 35.0 Å². The maximum atomic E-state index is 12.9. The highest BCUT2D eigenvalue weighted by Gasteiger charge is 2.46. The highest BCUT2D eigenvalue weighted by atomic mass is 35.5. The van der Waals surface area contributed by atoms with Gasteiger partial charge in [0.05, 0.1) is 15.8 Å². The highest BCUT2D eigenvalue weighted by molar-refractivity contribution is 8.00. The quantitative estimate of drug-likeness (QED) is 0.410. The lowest BCUT2D eigenvalue weighted by atomic mass is 9.74. The number of hydrogen-bond donors (Lipinski definition) is 1. The second kappa shape index (κ2) is 8.20. The molecule has 0 saturated heterocycles. The van der Waals surface area contributed by atoms with Gasteiger partial charge in [0.25, 0.3) is 0 Å². The van der Waals surface area contributed by atoms with Gasteiger partial charge in [-0.2, -0.15) is 0 Å². The Hall–Kier alpha value is -1.94. The zero-order valence-corrected chi connectivity index (χ0v) is 19.6. The molecule has 0 fully saturated rings. The van der Waals surface area contributed by atoms with Gasteiger partial charge in [0.1, 0.15) is 0 Å². The first kappa shape index (κ1) is 20.9. The normalized spacial score (nSPS) is 18.8. The van der Waals surface area contributed by atoms with Gasteiger partial charge in [-0.15, -0.1) is 11.8 Å². The smallest absolute Gasteiger partial charge is 0.234 e. The Morgan fingerprint density at radius 3 is 2.26 bits per heavy atom. The average molecular weight is 468 g/mol. The van der Waals surface area contributed by atoms with Crippen molar-refractivity contribution in [3.05, 3.63) is 92.5 Å². The fourth-order valence-electron chi connectivity index (χ4n) is 5.49. The molecule has 0 aliphatic heterocycles. The molecule has 158 valence electrons. The van der Waals surface area contributed by atoms with E-state index in [4.69, 9.17) is 23.2 Å². The number of thioether (sulfide) groups is 1. The Labute approximate surface area is 197 Å². The molecule has 31 heavy (non-hydrogen) atoms. The monoisotopic (exact) mass is 467 g/mol. The van der Waals surface area contributed by atoms with Gasteiger partial charge in [-0.3, -0.25) is 4.79 Å². The van der Waals surface area contributed by atoms with Crippen LogP contribution in [0.3, 0.4) is 0 Å². The summed E-state index contributed by atoms with van der Waals surface area (Å²) in [7, 11) is 0. The average Bonchev–Trinajstić information content (AvgIpc) is 3.31. The number of fused-ring (bicyclic) bond motifs is 4. The van der Waals surface area contributed by atoms with Gasteiger partial charge in [-0.1, -0.05) is 59.6 Å². The molecular formula is C26H23Cl2NOS. The maximum absolute atomic E-state index is 12.9. The molecule has 0 heterocycles. The number of anilines is 1. The first-order valence-electron chi connectivity index (χ1n) is 10.6. The van der Waals surface area contributed by atoms with Crippen LogP contribution in [0.15, 0.2) is 59.5 Å². The van der Waals surface area contributed by atoms with E-state index in [0.717, 1.165) is 36.3 Å². The molecule has 1 spiro atoms. The number of carbonyl (C=O) groups excluding carboxylic acids is 1. The van der Waals surface area contributed by atoms with Gasteiger partial charge in [-0.25, -0.2) is 0 Å². The largest absolute Gasteiger partial charge is 0.325 e. The van der Waals surface area contributed by atoms with E-state index in [2.05, 4.69) is 42.6 Å². The van der Waals surface area contributed by atoms with Crippen LogP contribution in [0.1, 0.15) is 40.7 Å². The minimum atomic E-state index is -0.0422. The van der Waals surface area contributed by atoms with Crippen molar-refractivity contribution >= 4 is 46.6 Å². The van der Waals surface area contributed by atoms with Crippen LogP contribution in [0.4, 0.5) is 5.69 Å². The van der Waals surface area contributed by atoms with Crippen molar-refractivity contribution in [2.45, 2.75) is 42.9 Å². The first-order valence-corrected chi connectivity index (χ1v) is 12.3. The van der Waals surface area contributed by atoms with E-state index in [9.17, 15) is 4.79 Å². The topological polar surface area (TPSA) is 29.1 Å². The lowest BCUT2D eigenvalue weighted by molar-refractivity contribution is -0.113. The molecule has 3 aromatic rings. The SMILES string of the molecule is Cc1cccc2c1[C@@]1(CC2)CCc2cccc(NC(=O)CSc3c(Cl)cccc3Cl)c21. The van der Waals surface area contributed by atoms with Gasteiger partial charge in [0, 0.05) is 16.0 Å². The lowest BCUT2D eigenvalue weighted by Gasteiger charge is -2.30. The Bertz CT molecular complexity index is 1170. The Kier molecular flexibility index (Phi) is 5.54. The Morgan fingerprint density at radius 1 is 0.935 bits per heavy atom. The van der Waals surface area contributed by atoms with Crippen molar-refractivity contribution in [1.29, 1.82) is 0 Å². The van der Waals surface area contributed by atoms with Crippen LogP contribution in [0, 0.1) is 6.92 Å². The fraction of sp³-hybridized carbons (Fsp3) is 0.269. The molecular weight excluding hydrogens is 445 g/mol. The summed E-state index contributed by atoms with van der Waals surface area (Å²) >= 11 is 13.9. The standard InChI is InChI=1S/C26H23Cl2NOS/c1-16-5-2-6-17-11-13-26(23(16)17)14-12-18-7-3-10-21(24(18)26)29-22(30)15-31-25-19(27)8-4-9-20(25)28/h2-10H,11-15H2,1H3,(H,29,30)/t26-/m1/s1. The summed E-state index contributed by atoms with van der Waals surface area (Å²) in [5.41, 5.74) is 7.92. The number of benzene rings is 3. The molecule has 0 radical (unpaired) electrons. The third kappa shape index (κ3) is 3.57. The molecule has 2 aliphatic carbocycles. The summed E-state index contributed by atoms with van der Waals surface area (Å²) in [6.07, 6.45) is 4.37. The van der Waals surface area contributed by atoms with Crippen LogP contribution in [0.2, 0.25) is 10.0 Å². The minimum absolute atomic E-state index is 0.0130. The van der Waals surface area contributed by atoms with Gasteiger partial charge < -0.3 is 5.32 Å². The zero-order valence-electron chi connectivity index (χ0n) is 17.3. The predicted octanol–water partition coefficient (Wildman–Crippen LogP) is 7.21. The second-order valence-electron chi connectivity index (χ2n) is 8.42. The van der Waals surface area contributed by atoms with Crippen LogP contribution in [0.25, 0.3) is 0 Å². The molecule has 1 N–H and O–H groups in total. The highest BCUT2D eigenvalue weighted by Crippen LogP contribution is 2.55. The lowest BCUT2D eigenvalue weighted by Crippen LogP contribution is -2.25. The van der Waals surface area contributed by atoms with E-state index in [1.165, 1.54) is 39.6 Å². The third-order valence-electron chi connectivity index (χ3n) is 6.65. The van der Waals surface area contributed by atoms with Crippen LogP contribution in [-0.4, -0.2) is 11.7 Å². The van der Waals surface area contributed by atoms with Gasteiger partial charge in [-0.05, 0) is 78.6 Å². The van der Waals surface area contributed by atoms with Crippen LogP contribution < -0.4 is 5.32 Å². The first-order chi connectivity index (χ1) is 15.0. The number of rotatable bonds is 4. The summed E-state index contributed by atoms with van der Waals surface area (Å²) in [6.45, 7) is 2.22. The van der Waals surface area contributed by atoms with Crippen LogP contribution in [0.5, 0.6) is 0 Å². The molecule has 5 heteroatoms. The summed E-state index contributed by atoms with van der Waals surface area (Å²) < 4.78 is 0. The van der Waals surface area contributed by atoms with E-state index in [1.807, 2.05) is 12.1 Å². The van der Waals surface area contributed by atoms with Crippen molar-refractivity contribution in [2.24, 2.45) is 0 Å². The molecule has 0 bridgehead atoms. The summed E-state index contributed by atoms with van der Waals surface area (Å²) in [4.78, 5) is 13.7. The van der Waals surface area contributed by atoms with Gasteiger partial charge in [0.15, 0.2) is 0 Å². The summed E-state index contributed by atoms with van der Waals surface area (Å²) in [5, 5.41) is 4.35. The number of amides is 1. The molecule has 0 aromatic heterocycles. The summed E-state index contributed by atoms with van der Waals surface area (Å²) in [5.74, 6) is 0.217. The Morgan fingerprint density at radius 2 is 1.55 bits per heavy atom. The number of hydrogen-bond acceptors (Lipinski definition) is 2. The zero-order chi connectivity index (χ0) is 21.6. The maximum Gasteiger partial charge on any atom is 0.234 e. The van der Waals surface area contributed by atoms with Crippen molar-refractivity contribution in [3.63, 3.8) is 0 Å². The van der Waals surface area contributed by atoms with Crippen molar-refractivity contribution < 1.29 is 4.79 Å². The summed E-state index contributed by atoms with van der Waals surface area (Å²) in [6, 6.07) is 18.4. The van der Waals surface area contributed by atoms with E-state index in [0.29, 0.717) is 10.0 Å². The van der Waals surface area contributed by atoms with E-state index < -0.39 is 0 Å². The molecule has 1 atom stereocenters. The third-order valence-corrected chi connectivity index (χ3v) is 8.64. The number of aryl methyl sites for hydroxylation is 3. The van der Waals surface area contributed by atoms with Crippen LogP contribution in [-0.2, 0) is 23.1 Å². The molecule has 5 rings (SSSR count). The van der Waals surface area contributed by atoms with E-state index in [1.54, 1.807) is 12.1 Å². The van der Waals surface area contributed by atoms with Gasteiger partial charge >= 0.3 is 0 Å². The number of halogens is 2. The van der Waals surface area contributed by atoms with Gasteiger partial charge in [0.2, 0.25) is 5.91 Å². The van der Waals surface area contributed by atoms with Crippen molar-refractivity contribution in [2.75, 3.05) is 11.1 Å². The fourth-order valence-corrected chi connectivity index (χ4v) is 6.97. The second-order valence-corrected chi connectivity index (χ2v) is 10.2. The Balaban J connectivity index is 1.44. The molecule has 1 amide bonds. The van der Waals surface area contributed by atoms with E-state index >= 15 is 0 Å². The molecule has 0 saturated carbocycles. The van der Waals surface area contributed by atoms with E-state index in [-0.39, 0.29) is 17.1 Å².